The number of hydrogen-bond acceptors (Lipinski definition) is 7. The number of methoxy groups -OCH3 is 1. The molecule has 2 aliphatic heterocycles. The molecule has 0 aliphatic carbocycles. The molecular formula is C28H39N3O6. The molecule has 0 aromatic heterocycles. The van der Waals surface area contributed by atoms with Gasteiger partial charge in [0.05, 0.1) is 13.7 Å². The highest BCUT2D eigenvalue weighted by atomic mass is 16.5. The van der Waals surface area contributed by atoms with Crippen molar-refractivity contribution in [3.05, 3.63) is 59.7 Å². The molecule has 202 valence electrons. The smallest absolute Gasteiger partial charge is 0.414 e. The molecule has 0 saturated carbocycles. The maximum Gasteiger partial charge on any atom is 0.414 e. The quantitative estimate of drug-likeness (QED) is 0.516. The standard InChI is InChI=1S/C26H37N3O2.C2H2O4/c1-3-31-26-19-23(9-10-25(26)30-2)21-28-15-17-29(18-16-28)24-11-13-27(14-12-24)20-22-7-5-4-6-8-22;3-1(4)2(5)6/h4-10,19,24H,3,11-18,20-21H2,1-2H3;(H,3,4)(H,5,6). The highest BCUT2D eigenvalue weighted by Gasteiger charge is 2.27. The molecule has 37 heavy (non-hydrogen) atoms. The molecule has 2 aliphatic rings. The van der Waals surface area contributed by atoms with Gasteiger partial charge < -0.3 is 19.7 Å². The minimum atomic E-state index is -1.82. The summed E-state index contributed by atoms with van der Waals surface area (Å²) >= 11 is 0. The Bertz CT molecular complexity index is 975. The van der Waals surface area contributed by atoms with Gasteiger partial charge in [-0.05, 0) is 56.1 Å². The van der Waals surface area contributed by atoms with E-state index in [-0.39, 0.29) is 0 Å². The number of ether oxygens (including phenoxy) is 2. The highest BCUT2D eigenvalue weighted by Crippen LogP contribution is 2.29. The molecule has 0 atom stereocenters. The van der Waals surface area contributed by atoms with E-state index < -0.39 is 11.9 Å². The van der Waals surface area contributed by atoms with Crippen molar-refractivity contribution in [1.82, 2.24) is 14.7 Å². The third-order valence-corrected chi connectivity index (χ3v) is 6.85. The predicted molar refractivity (Wildman–Crippen MR) is 141 cm³/mol. The van der Waals surface area contributed by atoms with Crippen LogP contribution in [0.25, 0.3) is 0 Å². The van der Waals surface area contributed by atoms with Crippen LogP contribution in [0.4, 0.5) is 0 Å². The van der Waals surface area contributed by atoms with Crippen LogP contribution in [0.5, 0.6) is 11.5 Å². The lowest BCUT2D eigenvalue weighted by Gasteiger charge is -2.43. The largest absolute Gasteiger partial charge is 0.493 e. The number of carboxylic acid groups (broad SMARTS) is 2. The summed E-state index contributed by atoms with van der Waals surface area (Å²) < 4.78 is 11.2. The average molecular weight is 514 g/mol. The van der Waals surface area contributed by atoms with Gasteiger partial charge in [0.2, 0.25) is 0 Å². The minimum absolute atomic E-state index is 0.655. The number of likely N-dealkylation sites (tertiary alicyclic amines) is 1. The Balaban J connectivity index is 0.000000568. The monoisotopic (exact) mass is 513 g/mol. The van der Waals surface area contributed by atoms with Gasteiger partial charge in [0.1, 0.15) is 0 Å². The second-order valence-corrected chi connectivity index (χ2v) is 9.33. The van der Waals surface area contributed by atoms with E-state index in [0.29, 0.717) is 6.61 Å². The first-order chi connectivity index (χ1) is 17.9. The number of rotatable bonds is 8. The molecule has 2 fully saturated rings. The Morgan fingerprint density at radius 3 is 1.97 bits per heavy atom. The van der Waals surface area contributed by atoms with Gasteiger partial charge in [-0.2, -0.15) is 0 Å². The van der Waals surface area contributed by atoms with Crippen LogP contribution in [0, 0.1) is 0 Å². The van der Waals surface area contributed by atoms with E-state index in [0.717, 1.165) is 43.7 Å². The number of benzene rings is 2. The van der Waals surface area contributed by atoms with Gasteiger partial charge >= 0.3 is 11.9 Å². The summed E-state index contributed by atoms with van der Waals surface area (Å²) in [5.41, 5.74) is 2.73. The summed E-state index contributed by atoms with van der Waals surface area (Å²) in [5.74, 6) is -1.98. The van der Waals surface area contributed by atoms with Crippen molar-refractivity contribution < 1.29 is 29.3 Å². The summed E-state index contributed by atoms with van der Waals surface area (Å²) in [4.78, 5) is 26.1. The second-order valence-electron chi connectivity index (χ2n) is 9.33. The Labute approximate surface area is 219 Å². The molecule has 2 N–H and O–H groups in total. The lowest BCUT2D eigenvalue weighted by Crippen LogP contribution is -2.52. The maximum absolute atomic E-state index is 9.10. The molecule has 0 amide bonds. The summed E-state index contributed by atoms with van der Waals surface area (Å²) in [6.45, 7) is 11.8. The number of hydrogen-bond donors (Lipinski definition) is 2. The van der Waals surface area contributed by atoms with E-state index >= 15 is 0 Å². The van der Waals surface area contributed by atoms with Crippen molar-refractivity contribution in [2.75, 3.05) is 53.0 Å². The van der Waals surface area contributed by atoms with Gasteiger partial charge in [-0.3, -0.25) is 14.7 Å². The van der Waals surface area contributed by atoms with Crippen molar-refractivity contribution in [3.63, 3.8) is 0 Å². The zero-order chi connectivity index (χ0) is 26.6. The molecule has 0 bridgehead atoms. The predicted octanol–water partition coefficient (Wildman–Crippen LogP) is 3.03. The van der Waals surface area contributed by atoms with Gasteiger partial charge in [0.15, 0.2) is 11.5 Å². The number of piperidine rings is 1. The summed E-state index contributed by atoms with van der Waals surface area (Å²) in [6.07, 6.45) is 2.59. The Morgan fingerprint density at radius 1 is 0.811 bits per heavy atom. The second kappa shape index (κ2) is 14.6. The zero-order valence-electron chi connectivity index (χ0n) is 21.8. The lowest BCUT2D eigenvalue weighted by molar-refractivity contribution is -0.159. The SMILES string of the molecule is CCOc1cc(CN2CCN(C3CCN(Cc4ccccc4)CC3)CC2)ccc1OC.O=C(O)C(=O)O. The summed E-state index contributed by atoms with van der Waals surface area (Å²) in [5, 5.41) is 14.8. The van der Waals surface area contributed by atoms with Crippen molar-refractivity contribution in [2.24, 2.45) is 0 Å². The fourth-order valence-corrected chi connectivity index (χ4v) is 4.92. The van der Waals surface area contributed by atoms with Crippen LogP contribution in [-0.2, 0) is 22.7 Å². The van der Waals surface area contributed by atoms with Gasteiger partial charge in [-0.15, -0.1) is 0 Å². The Hall–Kier alpha value is -3.14. The van der Waals surface area contributed by atoms with Gasteiger partial charge in [0, 0.05) is 45.3 Å². The van der Waals surface area contributed by atoms with Crippen LogP contribution >= 0.6 is 0 Å². The van der Waals surface area contributed by atoms with Crippen molar-refractivity contribution in [1.29, 1.82) is 0 Å². The molecule has 2 saturated heterocycles. The first-order valence-electron chi connectivity index (χ1n) is 12.9. The number of carboxylic acids is 2. The number of aliphatic carboxylic acids is 2. The van der Waals surface area contributed by atoms with Gasteiger partial charge in [-0.25, -0.2) is 9.59 Å². The topological polar surface area (TPSA) is 103 Å². The van der Waals surface area contributed by atoms with Gasteiger partial charge in [0.25, 0.3) is 0 Å². The molecule has 2 heterocycles. The van der Waals surface area contributed by atoms with E-state index in [1.807, 2.05) is 13.0 Å². The van der Waals surface area contributed by atoms with Crippen molar-refractivity contribution in [3.8, 4) is 11.5 Å². The van der Waals surface area contributed by atoms with E-state index in [2.05, 4.69) is 57.2 Å². The first kappa shape index (κ1) is 28.4. The molecular weight excluding hydrogens is 474 g/mol. The number of carbonyl (C=O) groups is 2. The third kappa shape index (κ3) is 9.03. The molecule has 9 heteroatoms. The maximum atomic E-state index is 9.10. The van der Waals surface area contributed by atoms with Crippen LogP contribution in [0.15, 0.2) is 48.5 Å². The fraction of sp³-hybridized carbons (Fsp3) is 0.500. The van der Waals surface area contributed by atoms with Crippen LogP contribution in [-0.4, -0.2) is 95.9 Å². The lowest BCUT2D eigenvalue weighted by atomic mass is 10.0. The van der Waals surface area contributed by atoms with Crippen LogP contribution in [0.2, 0.25) is 0 Å². The molecule has 2 aromatic rings. The fourth-order valence-electron chi connectivity index (χ4n) is 4.92. The zero-order valence-corrected chi connectivity index (χ0v) is 21.8. The molecule has 2 aromatic carbocycles. The molecule has 0 radical (unpaired) electrons. The van der Waals surface area contributed by atoms with E-state index in [4.69, 9.17) is 29.3 Å². The normalized spacial score (nSPS) is 17.5. The molecule has 4 rings (SSSR count). The number of nitrogens with zero attached hydrogens (tertiary/aromatic N) is 3. The van der Waals surface area contributed by atoms with Gasteiger partial charge in [-0.1, -0.05) is 36.4 Å². The van der Waals surface area contributed by atoms with E-state index in [1.165, 1.54) is 50.1 Å². The summed E-state index contributed by atoms with van der Waals surface area (Å²) in [7, 11) is 1.70. The Morgan fingerprint density at radius 2 is 1.41 bits per heavy atom. The first-order valence-corrected chi connectivity index (χ1v) is 12.9. The van der Waals surface area contributed by atoms with Crippen LogP contribution < -0.4 is 9.47 Å². The molecule has 9 nitrogen and oxygen atoms in total. The molecule has 0 unspecified atom stereocenters. The summed E-state index contributed by atoms with van der Waals surface area (Å²) in [6, 6.07) is 17.9. The Kier molecular flexibility index (Phi) is 11.2. The highest BCUT2D eigenvalue weighted by molar-refractivity contribution is 6.27. The van der Waals surface area contributed by atoms with E-state index in [9.17, 15) is 0 Å². The van der Waals surface area contributed by atoms with Crippen molar-refractivity contribution in [2.45, 2.75) is 38.9 Å². The van der Waals surface area contributed by atoms with E-state index in [1.54, 1.807) is 7.11 Å². The third-order valence-electron chi connectivity index (χ3n) is 6.85. The minimum Gasteiger partial charge on any atom is -0.493 e. The average Bonchev–Trinajstić information content (AvgIpc) is 2.91. The van der Waals surface area contributed by atoms with Crippen LogP contribution in [0.3, 0.4) is 0 Å². The van der Waals surface area contributed by atoms with Crippen molar-refractivity contribution >= 4 is 11.9 Å². The van der Waals surface area contributed by atoms with Crippen LogP contribution in [0.1, 0.15) is 30.9 Å². The molecule has 0 spiro atoms. The number of piperazine rings is 1.